The van der Waals surface area contributed by atoms with Gasteiger partial charge in [-0.2, -0.15) is 0 Å². The van der Waals surface area contributed by atoms with E-state index >= 15 is 0 Å². The molecule has 2 N–H and O–H groups in total. The van der Waals surface area contributed by atoms with Gasteiger partial charge in [-0.1, -0.05) is 26.0 Å². The molecule has 0 spiro atoms. The summed E-state index contributed by atoms with van der Waals surface area (Å²) in [4.78, 5) is 2.53. The fraction of sp³-hybridized carbons (Fsp3) is 0.647. The molecule has 0 atom stereocenters. The molecule has 2 rings (SSSR count). The Kier molecular flexibility index (Phi) is 4.19. The standard InChI is InChI=1S/C17H28N2/c1-5-19(16-8-6-7-14(4)9-16)17(12-18)10-15(11-17)13(2)3/h6-9,13,15H,5,10-12,18H2,1-4H3. The highest BCUT2D eigenvalue weighted by Gasteiger charge is 2.47. The molecule has 0 heterocycles. The van der Waals surface area contributed by atoms with Gasteiger partial charge in [0.05, 0.1) is 5.54 Å². The average molecular weight is 260 g/mol. The van der Waals surface area contributed by atoms with Crippen LogP contribution in [0.1, 0.15) is 39.2 Å². The monoisotopic (exact) mass is 260 g/mol. The Labute approximate surface area is 118 Å². The molecular formula is C17H28N2. The molecule has 0 amide bonds. The Bertz CT molecular complexity index is 419. The minimum Gasteiger partial charge on any atom is -0.365 e. The summed E-state index contributed by atoms with van der Waals surface area (Å²) in [6, 6.07) is 8.81. The molecule has 106 valence electrons. The van der Waals surface area contributed by atoms with Gasteiger partial charge in [-0.05, 0) is 56.2 Å². The van der Waals surface area contributed by atoms with Crippen molar-refractivity contribution in [2.75, 3.05) is 18.0 Å². The fourth-order valence-electron chi connectivity index (χ4n) is 3.47. The van der Waals surface area contributed by atoms with Crippen LogP contribution in [-0.2, 0) is 0 Å². The van der Waals surface area contributed by atoms with Crippen molar-refractivity contribution < 1.29 is 0 Å². The number of rotatable bonds is 5. The van der Waals surface area contributed by atoms with E-state index in [0.717, 1.165) is 24.9 Å². The number of likely N-dealkylation sites (N-methyl/N-ethyl adjacent to an activating group) is 1. The lowest BCUT2D eigenvalue weighted by molar-refractivity contribution is 0.103. The first-order chi connectivity index (χ1) is 9.02. The van der Waals surface area contributed by atoms with Gasteiger partial charge in [-0.3, -0.25) is 0 Å². The Hall–Kier alpha value is -1.02. The first kappa shape index (κ1) is 14.4. The molecule has 0 bridgehead atoms. The van der Waals surface area contributed by atoms with Crippen LogP contribution in [-0.4, -0.2) is 18.6 Å². The summed E-state index contributed by atoms with van der Waals surface area (Å²) in [6.45, 7) is 10.8. The Morgan fingerprint density at radius 1 is 1.37 bits per heavy atom. The summed E-state index contributed by atoms with van der Waals surface area (Å²) in [5.41, 5.74) is 8.98. The number of nitrogens with two attached hydrogens (primary N) is 1. The van der Waals surface area contributed by atoms with Gasteiger partial charge in [0.25, 0.3) is 0 Å². The van der Waals surface area contributed by atoms with E-state index in [1.807, 2.05) is 0 Å². The van der Waals surface area contributed by atoms with Crippen molar-refractivity contribution in [3.05, 3.63) is 29.8 Å². The van der Waals surface area contributed by atoms with Gasteiger partial charge >= 0.3 is 0 Å². The van der Waals surface area contributed by atoms with E-state index < -0.39 is 0 Å². The quantitative estimate of drug-likeness (QED) is 0.876. The minimum absolute atomic E-state index is 0.192. The smallest absolute Gasteiger partial charge is 0.0529 e. The number of hydrogen-bond acceptors (Lipinski definition) is 2. The van der Waals surface area contributed by atoms with Crippen LogP contribution < -0.4 is 10.6 Å². The average Bonchev–Trinajstić information content (AvgIpc) is 2.32. The number of benzene rings is 1. The van der Waals surface area contributed by atoms with E-state index in [9.17, 15) is 0 Å². The molecule has 0 unspecified atom stereocenters. The van der Waals surface area contributed by atoms with Crippen molar-refractivity contribution in [3.8, 4) is 0 Å². The van der Waals surface area contributed by atoms with E-state index in [2.05, 4.69) is 56.9 Å². The van der Waals surface area contributed by atoms with Gasteiger partial charge in [-0.15, -0.1) is 0 Å². The number of hydrogen-bond donors (Lipinski definition) is 1. The Morgan fingerprint density at radius 2 is 2.05 bits per heavy atom. The van der Waals surface area contributed by atoms with Gasteiger partial charge in [0.15, 0.2) is 0 Å². The van der Waals surface area contributed by atoms with Gasteiger partial charge in [0, 0.05) is 18.8 Å². The Balaban J connectivity index is 2.21. The van der Waals surface area contributed by atoms with Gasteiger partial charge in [0.2, 0.25) is 0 Å². The largest absolute Gasteiger partial charge is 0.365 e. The topological polar surface area (TPSA) is 29.3 Å². The summed E-state index contributed by atoms with van der Waals surface area (Å²) in [7, 11) is 0. The van der Waals surface area contributed by atoms with Crippen LogP contribution in [0, 0.1) is 18.8 Å². The van der Waals surface area contributed by atoms with E-state index in [1.54, 1.807) is 0 Å². The fourth-order valence-corrected chi connectivity index (χ4v) is 3.47. The maximum atomic E-state index is 6.14. The van der Waals surface area contributed by atoms with Crippen LogP contribution in [0.4, 0.5) is 5.69 Å². The number of nitrogens with zero attached hydrogens (tertiary/aromatic N) is 1. The molecule has 0 aliphatic heterocycles. The molecule has 1 saturated carbocycles. The van der Waals surface area contributed by atoms with Crippen molar-refractivity contribution in [1.29, 1.82) is 0 Å². The normalized spacial score (nSPS) is 26.3. The van der Waals surface area contributed by atoms with Crippen molar-refractivity contribution in [2.24, 2.45) is 17.6 Å². The predicted octanol–water partition coefficient (Wildman–Crippen LogP) is 3.58. The van der Waals surface area contributed by atoms with E-state index in [1.165, 1.54) is 24.1 Å². The van der Waals surface area contributed by atoms with Gasteiger partial charge in [-0.25, -0.2) is 0 Å². The van der Waals surface area contributed by atoms with Crippen molar-refractivity contribution in [2.45, 2.75) is 46.1 Å². The number of aryl methyl sites for hydroxylation is 1. The van der Waals surface area contributed by atoms with E-state index in [0.29, 0.717) is 0 Å². The molecule has 19 heavy (non-hydrogen) atoms. The lowest BCUT2D eigenvalue weighted by Gasteiger charge is -2.56. The third-order valence-electron chi connectivity index (χ3n) is 4.81. The maximum Gasteiger partial charge on any atom is 0.0529 e. The second-order valence-corrected chi connectivity index (χ2v) is 6.42. The summed E-state index contributed by atoms with van der Waals surface area (Å²) in [5.74, 6) is 1.61. The van der Waals surface area contributed by atoms with Crippen LogP contribution in [0.5, 0.6) is 0 Å². The number of anilines is 1. The molecule has 1 aliphatic rings. The minimum atomic E-state index is 0.192. The molecule has 2 nitrogen and oxygen atoms in total. The van der Waals surface area contributed by atoms with Crippen LogP contribution in [0.25, 0.3) is 0 Å². The SMILES string of the molecule is CCN(c1cccc(C)c1)C1(CN)CC(C(C)C)C1. The zero-order valence-corrected chi connectivity index (χ0v) is 12.8. The molecule has 0 radical (unpaired) electrons. The maximum absolute atomic E-state index is 6.14. The van der Waals surface area contributed by atoms with Gasteiger partial charge in [0.1, 0.15) is 0 Å². The first-order valence-corrected chi connectivity index (χ1v) is 7.57. The highest BCUT2D eigenvalue weighted by molar-refractivity contribution is 5.52. The Morgan fingerprint density at radius 3 is 2.53 bits per heavy atom. The third kappa shape index (κ3) is 2.64. The summed E-state index contributed by atoms with van der Waals surface area (Å²) >= 11 is 0. The zero-order chi connectivity index (χ0) is 14.0. The highest BCUT2D eigenvalue weighted by atomic mass is 15.2. The lowest BCUT2D eigenvalue weighted by atomic mass is 9.63. The molecule has 0 saturated heterocycles. The summed E-state index contributed by atoms with van der Waals surface area (Å²) < 4.78 is 0. The van der Waals surface area contributed by atoms with Crippen LogP contribution >= 0.6 is 0 Å². The molecule has 1 aliphatic carbocycles. The van der Waals surface area contributed by atoms with Crippen LogP contribution in [0.3, 0.4) is 0 Å². The zero-order valence-electron chi connectivity index (χ0n) is 12.8. The van der Waals surface area contributed by atoms with Crippen molar-refractivity contribution in [3.63, 3.8) is 0 Å². The van der Waals surface area contributed by atoms with Crippen LogP contribution in [0.15, 0.2) is 24.3 Å². The first-order valence-electron chi connectivity index (χ1n) is 7.57. The molecule has 0 aromatic heterocycles. The highest BCUT2D eigenvalue weighted by Crippen LogP contribution is 2.47. The van der Waals surface area contributed by atoms with Gasteiger partial charge < -0.3 is 10.6 Å². The lowest BCUT2D eigenvalue weighted by Crippen LogP contribution is -2.63. The molecule has 1 aromatic carbocycles. The second-order valence-electron chi connectivity index (χ2n) is 6.42. The molecule has 1 fully saturated rings. The van der Waals surface area contributed by atoms with Crippen molar-refractivity contribution in [1.82, 2.24) is 0 Å². The predicted molar refractivity (Wildman–Crippen MR) is 83.5 cm³/mol. The molecular weight excluding hydrogens is 232 g/mol. The van der Waals surface area contributed by atoms with Crippen molar-refractivity contribution >= 4 is 5.69 Å². The van der Waals surface area contributed by atoms with E-state index in [-0.39, 0.29) is 5.54 Å². The van der Waals surface area contributed by atoms with Crippen LogP contribution in [0.2, 0.25) is 0 Å². The molecule has 1 aromatic rings. The third-order valence-corrected chi connectivity index (χ3v) is 4.81. The summed E-state index contributed by atoms with van der Waals surface area (Å²) in [5, 5.41) is 0. The van der Waals surface area contributed by atoms with E-state index in [4.69, 9.17) is 5.73 Å². The second kappa shape index (κ2) is 5.54. The summed E-state index contributed by atoms with van der Waals surface area (Å²) in [6.07, 6.45) is 2.48. The molecule has 2 heteroatoms.